The lowest BCUT2D eigenvalue weighted by Gasteiger charge is -2.29. The third-order valence-corrected chi connectivity index (χ3v) is 6.78. The van der Waals surface area contributed by atoms with E-state index in [0.717, 1.165) is 33.0 Å². The van der Waals surface area contributed by atoms with Crippen molar-refractivity contribution >= 4 is 32.7 Å². The van der Waals surface area contributed by atoms with Crippen LogP contribution in [0.1, 0.15) is 27.3 Å². The summed E-state index contributed by atoms with van der Waals surface area (Å²) >= 11 is 3.55. The number of oxazole rings is 1. The Kier molecular flexibility index (Phi) is 6.17. The van der Waals surface area contributed by atoms with E-state index in [9.17, 15) is 9.90 Å². The summed E-state index contributed by atoms with van der Waals surface area (Å²) in [5, 5.41) is 13.6. The van der Waals surface area contributed by atoms with Crippen LogP contribution in [0.15, 0.2) is 71.3 Å². The molecule has 6 heteroatoms. The van der Waals surface area contributed by atoms with E-state index in [4.69, 9.17) is 9.15 Å². The molecule has 0 spiro atoms. The minimum Gasteiger partial charge on any atom is -0.467 e. The number of fused-ring (bicyclic) bond motifs is 1. The van der Waals surface area contributed by atoms with Crippen molar-refractivity contribution in [2.24, 2.45) is 0 Å². The maximum Gasteiger partial charge on any atom is 0.339 e. The molecule has 0 aliphatic carbocycles. The van der Waals surface area contributed by atoms with Crippen LogP contribution < -0.4 is 0 Å². The Bertz CT molecular complexity index is 1260. The summed E-state index contributed by atoms with van der Waals surface area (Å²) in [5.41, 5.74) is 1.91. The lowest BCUT2D eigenvalue weighted by molar-refractivity contribution is -0.162. The minimum atomic E-state index is -1.89. The molecule has 0 aliphatic heterocycles. The number of nitrogens with zero attached hydrogens (tertiary/aromatic N) is 1. The monoisotopic (exact) mass is 493 g/mol. The van der Waals surface area contributed by atoms with Gasteiger partial charge in [-0.05, 0) is 48.4 Å². The van der Waals surface area contributed by atoms with Gasteiger partial charge in [-0.2, -0.15) is 0 Å². The summed E-state index contributed by atoms with van der Waals surface area (Å²) in [6.07, 6.45) is 1.45. The molecule has 32 heavy (non-hydrogen) atoms. The fraction of sp³-hybridized carbons (Fsp3) is 0.231. The number of benzene rings is 3. The van der Waals surface area contributed by atoms with Gasteiger partial charge >= 0.3 is 5.97 Å². The summed E-state index contributed by atoms with van der Waals surface area (Å²) in [6.45, 7) is 4.02. The maximum absolute atomic E-state index is 12.7. The molecular weight excluding hydrogens is 470 g/mol. The number of hydrogen-bond acceptors (Lipinski definition) is 5. The number of ether oxygens (including phenoxy) is 1. The highest BCUT2D eigenvalue weighted by Gasteiger charge is 2.46. The number of hydrogen-bond donors (Lipinski definition) is 1. The SMILES string of the molecule is COC(=O)C(O)(Cc1cnc(-c2cc(C)cc(C)c2)o1)C(Br)c1ccc2ccccc2c1. The number of rotatable bonds is 6. The molecule has 5 nitrogen and oxygen atoms in total. The zero-order valence-electron chi connectivity index (χ0n) is 18.1. The third kappa shape index (κ3) is 4.33. The highest BCUT2D eigenvalue weighted by atomic mass is 79.9. The van der Waals surface area contributed by atoms with Crippen LogP contribution in [0.3, 0.4) is 0 Å². The second-order valence-electron chi connectivity index (χ2n) is 8.07. The first-order valence-corrected chi connectivity index (χ1v) is 11.2. The van der Waals surface area contributed by atoms with Crippen molar-refractivity contribution < 1.29 is 19.1 Å². The minimum absolute atomic E-state index is 0.0970. The number of methoxy groups -OCH3 is 1. The number of aromatic nitrogens is 1. The Morgan fingerprint density at radius 1 is 1.09 bits per heavy atom. The van der Waals surface area contributed by atoms with Gasteiger partial charge in [-0.3, -0.25) is 0 Å². The van der Waals surface area contributed by atoms with Crippen molar-refractivity contribution in [2.45, 2.75) is 30.7 Å². The summed E-state index contributed by atoms with van der Waals surface area (Å²) in [7, 11) is 1.26. The molecule has 0 bridgehead atoms. The third-order valence-electron chi connectivity index (χ3n) is 5.49. The summed E-state index contributed by atoms with van der Waals surface area (Å²) < 4.78 is 10.9. The lowest BCUT2D eigenvalue weighted by Crippen LogP contribution is -2.45. The number of carbonyl (C=O) groups excluding carboxylic acids is 1. The van der Waals surface area contributed by atoms with Crippen molar-refractivity contribution in [3.8, 4) is 11.5 Å². The predicted molar refractivity (Wildman–Crippen MR) is 128 cm³/mol. The van der Waals surface area contributed by atoms with E-state index in [0.29, 0.717) is 11.7 Å². The Balaban J connectivity index is 1.67. The molecule has 0 fully saturated rings. The fourth-order valence-corrected chi connectivity index (χ4v) is 4.60. The van der Waals surface area contributed by atoms with Crippen LogP contribution in [0.4, 0.5) is 0 Å². The number of aliphatic hydroxyl groups is 1. The van der Waals surface area contributed by atoms with E-state index >= 15 is 0 Å². The van der Waals surface area contributed by atoms with Gasteiger partial charge in [-0.1, -0.05) is 69.5 Å². The van der Waals surface area contributed by atoms with Crippen LogP contribution in [-0.4, -0.2) is 28.8 Å². The van der Waals surface area contributed by atoms with Gasteiger partial charge in [0.2, 0.25) is 5.89 Å². The van der Waals surface area contributed by atoms with Gasteiger partial charge in [0, 0.05) is 12.0 Å². The second-order valence-corrected chi connectivity index (χ2v) is 8.99. The van der Waals surface area contributed by atoms with Crippen LogP contribution >= 0.6 is 15.9 Å². The van der Waals surface area contributed by atoms with Gasteiger partial charge < -0.3 is 14.3 Å². The topological polar surface area (TPSA) is 72.6 Å². The second kappa shape index (κ2) is 8.88. The average Bonchev–Trinajstić information content (AvgIpc) is 3.25. The maximum atomic E-state index is 12.7. The van der Waals surface area contributed by atoms with Gasteiger partial charge in [0.05, 0.1) is 18.1 Å². The predicted octanol–water partition coefficient (Wildman–Crippen LogP) is 5.69. The number of carbonyl (C=O) groups is 1. The van der Waals surface area contributed by atoms with E-state index in [-0.39, 0.29) is 6.42 Å². The van der Waals surface area contributed by atoms with Gasteiger partial charge in [0.25, 0.3) is 0 Å². The molecule has 164 valence electrons. The number of aryl methyl sites for hydroxylation is 2. The normalized spacial score (nSPS) is 14.2. The van der Waals surface area contributed by atoms with Gasteiger partial charge in [0.1, 0.15) is 5.76 Å². The van der Waals surface area contributed by atoms with Crippen LogP contribution in [-0.2, 0) is 16.0 Å². The molecule has 0 amide bonds. The van der Waals surface area contributed by atoms with Crippen molar-refractivity contribution in [3.05, 3.63) is 89.3 Å². The van der Waals surface area contributed by atoms with E-state index in [1.807, 2.05) is 68.4 Å². The van der Waals surface area contributed by atoms with Crippen molar-refractivity contribution in [2.75, 3.05) is 7.11 Å². The fourth-order valence-electron chi connectivity index (χ4n) is 3.97. The van der Waals surface area contributed by atoms with Crippen LogP contribution in [0.2, 0.25) is 0 Å². The molecule has 2 unspecified atom stereocenters. The van der Waals surface area contributed by atoms with E-state index in [1.54, 1.807) is 6.20 Å². The van der Waals surface area contributed by atoms with Crippen LogP contribution in [0.5, 0.6) is 0 Å². The first-order chi connectivity index (χ1) is 15.3. The average molecular weight is 494 g/mol. The van der Waals surface area contributed by atoms with Crippen molar-refractivity contribution in [1.29, 1.82) is 0 Å². The first-order valence-electron chi connectivity index (χ1n) is 10.3. The van der Waals surface area contributed by atoms with E-state index in [2.05, 4.69) is 27.0 Å². The number of esters is 1. The summed E-state index contributed by atoms with van der Waals surface area (Å²) in [4.78, 5) is 16.4. The molecule has 4 rings (SSSR count). The quantitative estimate of drug-likeness (QED) is 0.275. The Morgan fingerprint density at radius 3 is 2.47 bits per heavy atom. The Labute approximate surface area is 195 Å². The zero-order chi connectivity index (χ0) is 22.9. The highest BCUT2D eigenvalue weighted by Crippen LogP contribution is 2.39. The molecule has 0 saturated heterocycles. The standard InChI is InChI=1S/C26H24BrNO4/c1-16-10-17(2)12-21(11-16)24-28-15-22(32-24)14-26(30,25(29)31-3)23(27)20-9-8-18-6-4-5-7-19(18)13-20/h4-13,15,23,30H,14H2,1-3H3. The van der Waals surface area contributed by atoms with Crippen LogP contribution in [0, 0.1) is 13.8 Å². The Hall–Kier alpha value is -2.96. The summed E-state index contributed by atoms with van der Waals surface area (Å²) in [5.74, 6) is 0.0741. The van der Waals surface area contributed by atoms with E-state index < -0.39 is 16.4 Å². The van der Waals surface area contributed by atoms with Gasteiger partial charge in [-0.25, -0.2) is 9.78 Å². The van der Waals surface area contributed by atoms with Crippen molar-refractivity contribution in [3.63, 3.8) is 0 Å². The van der Waals surface area contributed by atoms with Gasteiger partial charge in [-0.15, -0.1) is 0 Å². The molecular formula is C26H24BrNO4. The number of halogens is 1. The summed E-state index contributed by atoms with van der Waals surface area (Å²) in [6, 6.07) is 19.8. The van der Waals surface area contributed by atoms with E-state index in [1.165, 1.54) is 7.11 Å². The molecule has 1 N–H and O–H groups in total. The van der Waals surface area contributed by atoms with Crippen LogP contribution in [0.25, 0.3) is 22.2 Å². The molecule has 0 aliphatic rings. The molecule has 2 atom stereocenters. The molecule has 0 saturated carbocycles. The molecule has 0 radical (unpaired) electrons. The molecule has 4 aromatic rings. The largest absolute Gasteiger partial charge is 0.467 e. The lowest BCUT2D eigenvalue weighted by atomic mass is 9.89. The first kappa shape index (κ1) is 22.2. The highest BCUT2D eigenvalue weighted by molar-refractivity contribution is 9.09. The zero-order valence-corrected chi connectivity index (χ0v) is 19.7. The molecule has 1 aromatic heterocycles. The van der Waals surface area contributed by atoms with Gasteiger partial charge in [0.15, 0.2) is 5.60 Å². The molecule has 1 heterocycles. The smallest absolute Gasteiger partial charge is 0.339 e. The number of alkyl halides is 1. The van der Waals surface area contributed by atoms with Crippen molar-refractivity contribution in [1.82, 2.24) is 4.98 Å². The Morgan fingerprint density at radius 2 is 1.78 bits per heavy atom. The molecule has 3 aromatic carbocycles.